The van der Waals surface area contributed by atoms with E-state index in [4.69, 9.17) is 4.74 Å². The third kappa shape index (κ3) is 3.46. The van der Waals surface area contributed by atoms with Crippen LogP contribution in [0.15, 0.2) is 30.3 Å². The van der Waals surface area contributed by atoms with Crippen LogP contribution in [-0.2, 0) is 9.53 Å². The van der Waals surface area contributed by atoms with Crippen LogP contribution in [-0.4, -0.2) is 34.5 Å². The summed E-state index contributed by atoms with van der Waals surface area (Å²) in [5.74, 6) is -0.389. The summed E-state index contributed by atoms with van der Waals surface area (Å²) in [7, 11) is 0. The largest absolute Gasteiger partial charge is 0.447 e. The second kappa shape index (κ2) is 6.88. The van der Waals surface area contributed by atoms with Gasteiger partial charge in [0.15, 0.2) is 0 Å². The number of carbonyl (C=O) groups excluding carboxylic acids is 2. The third-order valence-electron chi connectivity index (χ3n) is 3.15. The maximum absolute atomic E-state index is 12.5. The Labute approximate surface area is 126 Å². The fraction of sp³-hybridized carbons (Fsp3) is 0.429. The van der Waals surface area contributed by atoms with Gasteiger partial charge < -0.3 is 4.74 Å². The molecule has 4 nitrogen and oxygen atoms in total. The third-order valence-corrected chi connectivity index (χ3v) is 3.92. The van der Waals surface area contributed by atoms with E-state index in [1.807, 2.05) is 30.3 Å². The van der Waals surface area contributed by atoms with Gasteiger partial charge in [-0.25, -0.2) is 9.69 Å². The van der Waals surface area contributed by atoms with Gasteiger partial charge >= 0.3 is 6.09 Å². The quantitative estimate of drug-likeness (QED) is 0.589. The summed E-state index contributed by atoms with van der Waals surface area (Å²) in [6.07, 6.45) is 1.20. The number of hydrogen-bond acceptors (Lipinski definition) is 3. The van der Waals surface area contributed by atoms with Crippen LogP contribution in [0.4, 0.5) is 4.79 Å². The summed E-state index contributed by atoms with van der Waals surface area (Å²) in [6.45, 7) is 0.670. The Morgan fingerprint density at radius 1 is 1.37 bits per heavy atom. The fourth-order valence-corrected chi connectivity index (χ4v) is 2.62. The SMILES string of the molecule is O=C1OCCN1C(=O)C(CCCI)c1ccccc1. The molecule has 0 aliphatic carbocycles. The van der Waals surface area contributed by atoms with E-state index in [9.17, 15) is 9.59 Å². The number of halogens is 1. The van der Waals surface area contributed by atoms with Crippen molar-refractivity contribution in [1.82, 2.24) is 4.90 Å². The molecule has 1 unspecified atom stereocenters. The minimum absolute atomic E-state index is 0.140. The molecule has 19 heavy (non-hydrogen) atoms. The lowest BCUT2D eigenvalue weighted by Crippen LogP contribution is -2.35. The Bertz CT molecular complexity index is 449. The molecule has 5 heteroatoms. The Morgan fingerprint density at radius 2 is 2.11 bits per heavy atom. The first-order valence-corrected chi connectivity index (χ1v) is 7.85. The van der Waals surface area contributed by atoms with Crippen LogP contribution in [0.1, 0.15) is 24.3 Å². The van der Waals surface area contributed by atoms with E-state index in [1.165, 1.54) is 4.90 Å². The molecule has 0 saturated carbocycles. The van der Waals surface area contributed by atoms with Gasteiger partial charge in [0.1, 0.15) is 6.61 Å². The number of hydrogen-bond donors (Lipinski definition) is 0. The number of imide groups is 1. The molecule has 1 aliphatic heterocycles. The molecule has 0 spiro atoms. The summed E-state index contributed by atoms with van der Waals surface area (Å²) < 4.78 is 5.84. The van der Waals surface area contributed by atoms with Crippen molar-refractivity contribution in [3.8, 4) is 0 Å². The molecule has 0 bridgehead atoms. The number of carbonyl (C=O) groups is 2. The minimum Gasteiger partial charge on any atom is -0.447 e. The maximum Gasteiger partial charge on any atom is 0.416 e. The van der Waals surface area contributed by atoms with Gasteiger partial charge in [0, 0.05) is 0 Å². The summed E-state index contributed by atoms with van der Waals surface area (Å²) in [4.78, 5) is 25.2. The minimum atomic E-state index is -0.514. The van der Waals surface area contributed by atoms with Crippen LogP contribution >= 0.6 is 22.6 Å². The summed E-state index contributed by atoms with van der Waals surface area (Å²) in [5.41, 5.74) is 0.969. The first-order chi connectivity index (χ1) is 9.24. The van der Waals surface area contributed by atoms with Crippen LogP contribution in [0.5, 0.6) is 0 Å². The highest BCUT2D eigenvalue weighted by molar-refractivity contribution is 14.1. The summed E-state index contributed by atoms with van der Waals surface area (Å²) in [5, 5.41) is 0. The highest BCUT2D eigenvalue weighted by Gasteiger charge is 2.33. The Morgan fingerprint density at radius 3 is 2.68 bits per heavy atom. The molecule has 1 saturated heterocycles. The predicted octanol–water partition coefficient (Wildman–Crippen LogP) is 2.96. The molecular weight excluding hydrogens is 357 g/mol. The van der Waals surface area contributed by atoms with Gasteiger partial charge in [0.05, 0.1) is 12.5 Å². The smallest absolute Gasteiger partial charge is 0.416 e. The maximum atomic E-state index is 12.5. The second-order valence-corrected chi connectivity index (χ2v) is 5.48. The second-order valence-electron chi connectivity index (χ2n) is 4.40. The zero-order valence-corrected chi connectivity index (χ0v) is 12.7. The van der Waals surface area contributed by atoms with Crippen LogP contribution in [0.3, 0.4) is 0 Å². The van der Waals surface area contributed by atoms with Crippen molar-refractivity contribution >= 4 is 34.6 Å². The number of ether oxygens (including phenoxy) is 1. The van der Waals surface area contributed by atoms with Crippen molar-refractivity contribution in [2.24, 2.45) is 0 Å². The molecule has 0 radical (unpaired) electrons. The van der Waals surface area contributed by atoms with Crippen LogP contribution in [0, 0.1) is 0 Å². The lowest BCUT2D eigenvalue weighted by atomic mass is 9.93. The molecule has 1 atom stereocenters. The molecule has 1 aromatic rings. The van der Waals surface area contributed by atoms with Crippen molar-refractivity contribution in [3.05, 3.63) is 35.9 Å². The molecule has 1 heterocycles. The van der Waals surface area contributed by atoms with Gasteiger partial charge in [-0.15, -0.1) is 0 Å². The average Bonchev–Trinajstić information content (AvgIpc) is 2.86. The molecule has 0 aromatic heterocycles. The van der Waals surface area contributed by atoms with Crippen molar-refractivity contribution in [1.29, 1.82) is 0 Å². The van der Waals surface area contributed by atoms with E-state index in [-0.39, 0.29) is 11.8 Å². The first kappa shape index (κ1) is 14.3. The zero-order chi connectivity index (χ0) is 13.7. The number of benzene rings is 1. The Hall–Kier alpha value is -1.11. The lowest BCUT2D eigenvalue weighted by molar-refractivity contribution is -0.129. The molecule has 2 amide bonds. The van der Waals surface area contributed by atoms with Gasteiger partial charge in [-0.2, -0.15) is 0 Å². The molecule has 102 valence electrons. The predicted molar refractivity (Wildman–Crippen MR) is 80.4 cm³/mol. The summed E-state index contributed by atoms with van der Waals surface area (Å²) >= 11 is 2.30. The van der Waals surface area contributed by atoms with Gasteiger partial charge in [-0.3, -0.25) is 4.79 Å². The lowest BCUT2D eigenvalue weighted by Gasteiger charge is -2.20. The van der Waals surface area contributed by atoms with E-state index in [0.717, 1.165) is 22.8 Å². The van der Waals surface area contributed by atoms with Gasteiger partial charge in [-0.05, 0) is 22.8 Å². The van der Waals surface area contributed by atoms with E-state index in [2.05, 4.69) is 22.6 Å². The molecule has 1 fully saturated rings. The Kier molecular flexibility index (Phi) is 5.18. The first-order valence-electron chi connectivity index (χ1n) is 6.33. The monoisotopic (exact) mass is 373 g/mol. The Balaban J connectivity index is 2.17. The van der Waals surface area contributed by atoms with Crippen molar-refractivity contribution in [2.75, 3.05) is 17.6 Å². The molecular formula is C14H16INO3. The van der Waals surface area contributed by atoms with Gasteiger partial charge in [0.25, 0.3) is 0 Å². The van der Waals surface area contributed by atoms with E-state index >= 15 is 0 Å². The van der Waals surface area contributed by atoms with Crippen LogP contribution < -0.4 is 0 Å². The number of alkyl halides is 1. The number of rotatable bonds is 5. The highest BCUT2D eigenvalue weighted by atomic mass is 127. The number of nitrogens with zero attached hydrogens (tertiary/aromatic N) is 1. The standard InChI is InChI=1S/C14H16INO3/c15-8-4-7-12(11-5-2-1-3-6-11)13(17)16-9-10-19-14(16)18/h1-3,5-6,12H,4,7-10H2. The summed E-state index contributed by atoms with van der Waals surface area (Å²) in [6, 6.07) is 9.64. The number of amides is 2. The average molecular weight is 373 g/mol. The zero-order valence-electron chi connectivity index (χ0n) is 10.5. The molecule has 0 N–H and O–H groups in total. The van der Waals surface area contributed by atoms with Crippen LogP contribution in [0.25, 0.3) is 0 Å². The van der Waals surface area contributed by atoms with Gasteiger partial charge in [0.2, 0.25) is 5.91 Å². The van der Waals surface area contributed by atoms with Crippen molar-refractivity contribution < 1.29 is 14.3 Å². The molecule has 2 rings (SSSR count). The van der Waals surface area contributed by atoms with Crippen molar-refractivity contribution in [3.63, 3.8) is 0 Å². The van der Waals surface area contributed by atoms with Crippen molar-refractivity contribution in [2.45, 2.75) is 18.8 Å². The normalized spacial score (nSPS) is 16.3. The van der Waals surface area contributed by atoms with Gasteiger partial charge in [-0.1, -0.05) is 52.9 Å². The highest BCUT2D eigenvalue weighted by Crippen LogP contribution is 2.25. The fourth-order valence-electron chi connectivity index (χ4n) is 2.18. The van der Waals surface area contributed by atoms with E-state index in [1.54, 1.807) is 0 Å². The van der Waals surface area contributed by atoms with E-state index < -0.39 is 6.09 Å². The molecule has 1 aromatic carbocycles. The molecule has 1 aliphatic rings. The number of cyclic esters (lactones) is 1. The van der Waals surface area contributed by atoms with Crippen LogP contribution in [0.2, 0.25) is 0 Å². The topological polar surface area (TPSA) is 46.6 Å². The van der Waals surface area contributed by atoms with E-state index in [0.29, 0.717) is 13.2 Å².